The number of morpholine rings is 1. The van der Waals surface area contributed by atoms with E-state index in [9.17, 15) is 4.79 Å². The van der Waals surface area contributed by atoms with Gasteiger partial charge in [0.15, 0.2) is 5.69 Å². The minimum atomic E-state index is -0.123. The number of aromatic nitrogens is 3. The average Bonchev–Trinajstić information content (AvgIpc) is 2.96. The molecule has 2 aromatic rings. The fraction of sp³-hybridized carbons (Fsp3) is 0.400. The Hall–Kier alpha value is -1.92. The summed E-state index contributed by atoms with van der Waals surface area (Å²) >= 11 is 5.87. The van der Waals surface area contributed by atoms with E-state index in [-0.39, 0.29) is 18.1 Å². The summed E-state index contributed by atoms with van der Waals surface area (Å²) in [6.45, 7) is 5.05. The second kappa shape index (κ2) is 6.06. The molecule has 2 heterocycles. The molecule has 1 aromatic heterocycles. The van der Waals surface area contributed by atoms with E-state index in [1.54, 1.807) is 27.9 Å². The third-order valence-electron chi connectivity index (χ3n) is 3.51. The summed E-state index contributed by atoms with van der Waals surface area (Å²) in [6, 6.07) is 7.19. The van der Waals surface area contributed by atoms with Crippen LogP contribution in [0.4, 0.5) is 0 Å². The van der Waals surface area contributed by atoms with Gasteiger partial charge in [-0.2, -0.15) is 0 Å². The van der Waals surface area contributed by atoms with Crippen LogP contribution in [-0.2, 0) is 4.74 Å². The molecule has 0 saturated carbocycles. The lowest BCUT2D eigenvalue weighted by atomic mass is 10.2. The van der Waals surface area contributed by atoms with E-state index >= 15 is 0 Å². The first-order valence-corrected chi connectivity index (χ1v) is 7.54. The molecular weight excluding hydrogens is 304 g/mol. The van der Waals surface area contributed by atoms with Crippen molar-refractivity contribution in [1.82, 2.24) is 19.9 Å². The van der Waals surface area contributed by atoms with Crippen molar-refractivity contribution in [1.29, 1.82) is 0 Å². The molecule has 0 N–H and O–H groups in total. The predicted molar refractivity (Wildman–Crippen MR) is 82.3 cm³/mol. The summed E-state index contributed by atoms with van der Waals surface area (Å²) in [5, 5.41) is 8.65. The lowest BCUT2D eigenvalue weighted by Gasteiger charge is -2.34. The SMILES string of the molecule is CC1CN(C(=O)c2cn(-c3ccc(Cl)cc3)nn2)CC(C)O1. The second-order valence-electron chi connectivity index (χ2n) is 5.49. The first-order valence-electron chi connectivity index (χ1n) is 7.16. The number of hydrogen-bond acceptors (Lipinski definition) is 4. The molecule has 3 rings (SSSR count). The highest BCUT2D eigenvalue weighted by atomic mass is 35.5. The number of hydrogen-bond donors (Lipinski definition) is 0. The van der Waals surface area contributed by atoms with Crippen molar-refractivity contribution in [3.05, 3.63) is 41.2 Å². The zero-order valence-corrected chi connectivity index (χ0v) is 13.2. The Kier molecular flexibility index (Phi) is 4.13. The minimum Gasteiger partial charge on any atom is -0.372 e. The van der Waals surface area contributed by atoms with Crippen LogP contribution in [0.2, 0.25) is 5.02 Å². The molecule has 0 radical (unpaired) electrons. The van der Waals surface area contributed by atoms with Crippen molar-refractivity contribution in [2.24, 2.45) is 0 Å². The molecule has 1 saturated heterocycles. The maximum atomic E-state index is 12.5. The van der Waals surface area contributed by atoms with Crippen molar-refractivity contribution >= 4 is 17.5 Å². The molecule has 2 atom stereocenters. The van der Waals surface area contributed by atoms with E-state index in [0.29, 0.717) is 23.8 Å². The minimum absolute atomic E-state index is 0.0269. The molecule has 7 heteroatoms. The molecule has 1 aromatic carbocycles. The monoisotopic (exact) mass is 320 g/mol. The highest BCUT2D eigenvalue weighted by Gasteiger charge is 2.28. The predicted octanol–water partition coefficient (Wildman–Crippen LogP) is 2.17. The Balaban J connectivity index is 1.78. The molecule has 6 nitrogen and oxygen atoms in total. The lowest BCUT2D eigenvalue weighted by molar-refractivity contribution is -0.0587. The summed E-state index contributed by atoms with van der Waals surface area (Å²) in [7, 11) is 0. The van der Waals surface area contributed by atoms with Gasteiger partial charge in [-0.25, -0.2) is 4.68 Å². The first-order chi connectivity index (χ1) is 10.5. The summed E-state index contributed by atoms with van der Waals surface area (Å²) in [4.78, 5) is 14.3. The molecule has 0 bridgehead atoms. The second-order valence-corrected chi connectivity index (χ2v) is 5.93. The molecule has 2 unspecified atom stereocenters. The first kappa shape index (κ1) is 15.0. The summed E-state index contributed by atoms with van der Waals surface area (Å²) in [5.41, 5.74) is 1.14. The summed E-state index contributed by atoms with van der Waals surface area (Å²) in [5.74, 6) is -0.123. The van der Waals surface area contributed by atoms with Crippen LogP contribution in [0.15, 0.2) is 30.5 Å². The van der Waals surface area contributed by atoms with E-state index in [0.717, 1.165) is 5.69 Å². The van der Waals surface area contributed by atoms with Crippen LogP contribution in [0, 0.1) is 0 Å². The van der Waals surface area contributed by atoms with Crippen LogP contribution < -0.4 is 0 Å². The Morgan fingerprint density at radius 1 is 1.23 bits per heavy atom. The molecule has 0 aliphatic carbocycles. The Morgan fingerprint density at radius 2 is 1.86 bits per heavy atom. The lowest BCUT2D eigenvalue weighted by Crippen LogP contribution is -2.48. The van der Waals surface area contributed by atoms with Gasteiger partial charge in [0, 0.05) is 18.1 Å². The van der Waals surface area contributed by atoms with Gasteiger partial charge in [0.25, 0.3) is 5.91 Å². The molecule has 116 valence electrons. The van der Waals surface area contributed by atoms with Crippen LogP contribution >= 0.6 is 11.6 Å². The van der Waals surface area contributed by atoms with Gasteiger partial charge in [-0.1, -0.05) is 16.8 Å². The topological polar surface area (TPSA) is 60.2 Å². The molecular formula is C15H17ClN4O2. The molecule has 1 amide bonds. The maximum absolute atomic E-state index is 12.5. The van der Waals surface area contributed by atoms with Crippen LogP contribution in [0.1, 0.15) is 24.3 Å². The zero-order chi connectivity index (χ0) is 15.7. The van der Waals surface area contributed by atoms with Gasteiger partial charge >= 0.3 is 0 Å². The molecule has 1 fully saturated rings. The number of carbonyl (C=O) groups is 1. The van der Waals surface area contributed by atoms with Crippen LogP contribution in [0.3, 0.4) is 0 Å². The van der Waals surface area contributed by atoms with Crippen molar-refractivity contribution < 1.29 is 9.53 Å². The number of halogens is 1. The van der Waals surface area contributed by atoms with E-state index < -0.39 is 0 Å². The number of nitrogens with zero attached hydrogens (tertiary/aromatic N) is 4. The summed E-state index contributed by atoms with van der Waals surface area (Å²) < 4.78 is 7.21. The average molecular weight is 321 g/mol. The van der Waals surface area contributed by atoms with Crippen LogP contribution in [0.25, 0.3) is 5.69 Å². The van der Waals surface area contributed by atoms with Crippen molar-refractivity contribution in [2.45, 2.75) is 26.1 Å². The molecule has 1 aliphatic heterocycles. The highest BCUT2D eigenvalue weighted by Crippen LogP contribution is 2.15. The zero-order valence-electron chi connectivity index (χ0n) is 12.4. The highest BCUT2D eigenvalue weighted by molar-refractivity contribution is 6.30. The third-order valence-corrected chi connectivity index (χ3v) is 3.76. The van der Waals surface area contributed by atoms with Crippen LogP contribution in [0.5, 0.6) is 0 Å². The third kappa shape index (κ3) is 3.13. The maximum Gasteiger partial charge on any atom is 0.276 e. The van der Waals surface area contributed by atoms with Crippen molar-refractivity contribution in [3.8, 4) is 5.69 Å². The number of ether oxygens (including phenoxy) is 1. The van der Waals surface area contributed by atoms with Gasteiger partial charge in [-0.15, -0.1) is 5.10 Å². The fourth-order valence-corrected chi connectivity index (χ4v) is 2.71. The quantitative estimate of drug-likeness (QED) is 0.851. The van der Waals surface area contributed by atoms with E-state index in [4.69, 9.17) is 16.3 Å². The fourth-order valence-electron chi connectivity index (χ4n) is 2.59. The van der Waals surface area contributed by atoms with Gasteiger partial charge in [0.05, 0.1) is 24.1 Å². The Bertz CT molecular complexity index is 660. The molecule has 0 spiro atoms. The number of amides is 1. The van der Waals surface area contributed by atoms with Crippen molar-refractivity contribution in [2.75, 3.05) is 13.1 Å². The largest absolute Gasteiger partial charge is 0.372 e. The summed E-state index contributed by atoms with van der Waals surface area (Å²) in [6.07, 6.45) is 1.69. The van der Waals surface area contributed by atoms with Gasteiger partial charge in [-0.05, 0) is 38.1 Å². The van der Waals surface area contributed by atoms with Gasteiger partial charge in [0.2, 0.25) is 0 Å². The smallest absolute Gasteiger partial charge is 0.276 e. The number of benzene rings is 1. The van der Waals surface area contributed by atoms with Gasteiger partial charge in [-0.3, -0.25) is 4.79 Å². The number of carbonyl (C=O) groups excluding carboxylic acids is 1. The van der Waals surface area contributed by atoms with Gasteiger partial charge < -0.3 is 9.64 Å². The standard InChI is InChI=1S/C15H17ClN4O2/c1-10-7-19(8-11(2)22-10)15(21)14-9-20(18-17-14)13-5-3-12(16)4-6-13/h3-6,9-11H,7-8H2,1-2H3. The van der Waals surface area contributed by atoms with Crippen LogP contribution in [-0.4, -0.2) is 51.1 Å². The molecule has 22 heavy (non-hydrogen) atoms. The Morgan fingerprint density at radius 3 is 2.50 bits per heavy atom. The van der Waals surface area contributed by atoms with E-state index in [2.05, 4.69) is 10.3 Å². The van der Waals surface area contributed by atoms with E-state index in [1.165, 1.54) is 0 Å². The van der Waals surface area contributed by atoms with Crippen molar-refractivity contribution in [3.63, 3.8) is 0 Å². The molecule has 1 aliphatic rings. The number of rotatable bonds is 2. The van der Waals surface area contributed by atoms with E-state index in [1.807, 2.05) is 26.0 Å². The normalized spacial score (nSPS) is 21.9. The Labute approximate surface area is 133 Å². The van der Waals surface area contributed by atoms with Gasteiger partial charge in [0.1, 0.15) is 0 Å².